The van der Waals surface area contributed by atoms with Crippen LogP contribution in [0.4, 0.5) is 5.69 Å². The van der Waals surface area contributed by atoms with Crippen LogP contribution in [-0.4, -0.2) is 40.2 Å². The molecule has 1 heterocycles. The van der Waals surface area contributed by atoms with Gasteiger partial charge in [0.1, 0.15) is 6.54 Å². The van der Waals surface area contributed by atoms with Gasteiger partial charge in [-0.15, -0.1) is 0 Å². The SMILES string of the molecule is Cc1cccc(C(=O)NCC(=O)O[C@@H](C)C(=O)Nc2c(C)nn(C)c2C)c1. The Balaban J connectivity index is 1.85. The number of ether oxygens (including phenoxy) is 1. The molecule has 0 aliphatic rings. The molecule has 2 rings (SSSR count). The van der Waals surface area contributed by atoms with Crippen molar-refractivity contribution in [3.63, 3.8) is 0 Å². The number of amides is 2. The maximum Gasteiger partial charge on any atom is 0.326 e. The van der Waals surface area contributed by atoms with E-state index in [-0.39, 0.29) is 12.5 Å². The predicted molar refractivity (Wildman–Crippen MR) is 100 cm³/mol. The van der Waals surface area contributed by atoms with Gasteiger partial charge in [0.2, 0.25) is 0 Å². The van der Waals surface area contributed by atoms with E-state index in [0.717, 1.165) is 11.3 Å². The number of carbonyl (C=O) groups is 3. The first kappa shape index (κ1) is 20.2. The molecule has 8 heteroatoms. The Bertz CT molecular complexity index is 873. The Kier molecular flexibility index (Phi) is 6.33. The lowest BCUT2D eigenvalue weighted by Crippen LogP contribution is -2.36. The third kappa shape index (κ3) is 5.16. The Morgan fingerprint density at radius 3 is 2.52 bits per heavy atom. The molecule has 2 N–H and O–H groups in total. The fraction of sp³-hybridized carbons (Fsp3) is 0.368. The van der Waals surface area contributed by atoms with Crippen LogP contribution in [0.2, 0.25) is 0 Å². The minimum Gasteiger partial charge on any atom is -0.451 e. The minimum atomic E-state index is -1.01. The van der Waals surface area contributed by atoms with E-state index in [1.807, 2.05) is 19.9 Å². The molecule has 0 fully saturated rings. The number of esters is 1. The molecule has 0 aliphatic carbocycles. The Morgan fingerprint density at radius 1 is 1.22 bits per heavy atom. The van der Waals surface area contributed by atoms with Gasteiger partial charge in [0, 0.05) is 12.6 Å². The molecular formula is C19H24N4O4. The molecule has 1 aromatic carbocycles. The first-order valence-electron chi connectivity index (χ1n) is 8.54. The Labute approximate surface area is 157 Å². The van der Waals surface area contributed by atoms with E-state index in [1.165, 1.54) is 6.92 Å². The summed E-state index contributed by atoms with van der Waals surface area (Å²) in [5.41, 5.74) is 3.46. The molecule has 2 aromatic rings. The highest BCUT2D eigenvalue weighted by Gasteiger charge is 2.21. The average Bonchev–Trinajstić information content (AvgIpc) is 2.85. The summed E-state index contributed by atoms with van der Waals surface area (Å²) in [5, 5.41) is 9.41. The lowest BCUT2D eigenvalue weighted by atomic mass is 10.1. The van der Waals surface area contributed by atoms with Crippen LogP contribution in [0.1, 0.15) is 34.2 Å². The molecule has 1 atom stereocenters. The summed E-state index contributed by atoms with van der Waals surface area (Å²) in [5.74, 6) is -1.54. The number of aromatic nitrogens is 2. The molecular weight excluding hydrogens is 348 g/mol. The van der Waals surface area contributed by atoms with E-state index in [9.17, 15) is 14.4 Å². The van der Waals surface area contributed by atoms with E-state index >= 15 is 0 Å². The fourth-order valence-electron chi connectivity index (χ4n) is 2.51. The van der Waals surface area contributed by atoms with Crippen LogP contribution in [0.15, 0.2) is 24.3 Å². The van der Waals surface area contributed by atoms with Gasteiger partial charge in [-0.2, -0.15) is 5.10 Å². The van der Waals surface area contributed by atoms with E-state index < -0.39 is 18.0 Å². The number of benzene rings is 1. The highest BCUT2D eigenvalue weighted by atomic mass is 16.5. The van der Waals surface area contributed by atoms with Crippen molar-refractivity contribution in [3.05, 3.63) is 46.8 Å². The quantitative estimate of drug-likeness (QED) is 0.751. The molecule has 0 saturated carbocycles. The summed E-state index contributed by atoms with van der Waals surface area (Å²) in [6.07, 6.45) is -1.01. The van der Waals surface area contributed by atoms with Crippen molar-refractivity contribution in [3.8, 4) is 0 Å². The Hall–Kier alpha value is -3.16. The number of hydrogen-bond donors (Lipinski definition) is 2. The van der Waals surface area contributed by atoms with Crippen LogP contribution in [0.3, 0.4) is 0 Å². The number of rotatable bonds is 6. The van der Waals surface area contributed by atoms with Crippen molar-refractivity contribution in [2.24, 2.45) is 7.05 Å². The first-order chi connectivity index (χ1) is 12.7. The number of hydrogen-bond acceptors (Lipinski definition) is 5. The smallest absolute Gasteiger partial charge is 0.326 e. The molecule has 0 unspecified atom stereocenters. The Morgan fingerprint density at radius 2 is 1.93 bits per heavy atom. The number of nitrogens with one attached hydrogen (secondary N) is 2. The van der Waals surface area contributed by atoms with E-state index in [2.05, 4.69) is 15.7 Å². The van der Waals surface area contributed by atoms with Gasteiger partial charge in [-0.1, -0.05) is 17.7 Å². The van der Waals surface area contributed by atoms with Crippen LogP contribution in [-0.2, 0) is 21.4 Å². The van der Waals surface area contributed by atoms with E-state index in [4.69, 9.17) is 4.74 Å². The number of anilines is 1. The lowest BCUT2D eigenvalue weighted by Gasteiger charge is -2.14. The van der Waals surface area contributed by atoms with Crippen LogP contribution in [0.25, 0.3) is 0 Å². The summed E-state index contributed by atoms with van der Waals surface area (Å²) >= 11 is 0. The van der Waals surface area contributed by atoms with Gasteiger partial charge in [0.05, 0.1) is 17.1 Å². The topological polar surface area (TPSA) is 102 Å². The van der Waals surface area contributed by atoms with Gasteiger partial charge in [-0.05, 0) is 39.8 Å². The molecule has 1 aromatic heterocycles. The summed E-state index contributed by atoms with van der Waals surface area (Å²) in [7, 11) is 1.78. The third-order valence-electron chi connectivity index (χ3n) is 4.11. The molecule has 8 nitrogen and oxygen atoms in total. The standard InChI is InChI=1S/C19H24N4O4/c1-11-7-6-8-15(9-11)19(26)20-10-16(24)27-14(4)18(25)21-17-12(2)22-23(5)13(17)3/h6-9,14H,10H2,1-5H3,(H,20,26)(H,21,25)/t14-/m0/s1. The maximum atomic E-state index is 12.2. The molecule has 2 amide bonds. The second kappa shape index (κ2) is 8.48. The zero-order valence-electron chi connectivity index (χ0n) is 16.1. The maximum absolute atomic E-state index is 12.2. The van der Waals surface area contributed by atoms with Crippen molar-refractivity contribution in [1.29, 1.82) is 0 Å². The van der Waals surface area contributed by atoms with Gasteiger partial charge < -0.3 is 15.4 Å². The van der Waals surface area contributed by atoms with Gasteiger partial charge in [-0.25, -0.2) is 0 Å². The highest BCUT2D eigenvalue weighted by Crippen LogP contribution is 2.18. The van der Waals surface area contributed by atoms with Gasteiger partial charge in [-0.3, -0.25) is 19.1 Å². The molecule has 144 valence electrons. The van der Waals surface area contributed by atoms with Gasteiger partial charge in [0.25, 0.3) is 11.8 Å². The van der Waals surface area contributed by atoms with Crippen molar-refractivity contribution in [2.45, 2.75) is 33.8 Å². The molecule has 0 bridgehead atoms. The van der Waals surface area contributed by atoms with Crippen LogP contribution in [0.5, 0.6) is 0 Å². The number of nitrogens with zero attached hydrogens (tertiary/aromatic N) is 2. The van der Waals surface area contributed by atoms with Crippen molar-refractivity contribution < 1.29 is 19.1 Å². The van der Waals surface area contributed by atoms with Crippen molar-refractivity contribution in [1.82, 2.24) is 15.1 Å². The van der Waals surface area contributed by atoms with Crippen LogP contribution >= 0.6 is 0 Å². The number of carbonyl (C=O) groups excluding carboxylic acids is 3. The third-order valence-corrected chi connectivity index (χ3v) is 4.11. The monoisotopic (exact) mass is 372 g/mol. The van der Waals surface area contributed by atoms with Crippen LogP contribution < -0.4 is 10.6 Å². The summed E-state index contributed by atoms with van der Waals surface area (Å²) < 4.78 is 6.74. The average molecular weight is 372 g/mol. The number of aryl methyl sites for hydroxylation is 3. The minimum absolute atomic E-state index is 0.324. The first-order valence-corrected chi connectivity index (χ1v) is 8.54. The van der Waals surface area contributed by atoms with Crippen molar-refractivity contribution in [2.75, 3.05) is 11.9 Å². The molecule has 0 aliphatic heterocycles. The molecule has 0 spiro atoms. The molecule has 27 heavy (non-hydrogen) atoms. The molecule has 0 saturated heterocycles. The summed E-state index contributed by atoms with van der Waals surface area (Å²) in [6.45, 7) is 6.62. The zero-order valence-corrected chi connectivity index (χ0v) is 16.1. The second-order valence-electron chi connectivity index (χ2n) is 6.34. The normalized spacial score (nSPS) is 11.6. The largest absolute Gasteiger partial charge is 0.451 e. The van der Waals surface area contributed by atoms with E-state index in [0.29, 0.717) is 16.9 Å². The predicted octanol–water partition coefficient (Wildman–Crippen LogP) is 1.65. The molecule has 0 radical (unpaired) electrons. The lowest BCUT2D eigenvalue weighted by molar-refractivity contribution is -0.152. The second-order valence-corrected chi connectivity index (χ2v) is 6.34. The summed E-state index contributed by atoms with van der Waals surface area (Å²) in [4.78, 5) is 36.2. The van der Waals surface area contributed by atoms with Gasteiger partial charge in [0.15, 0.2) is 6.10 Å². The van der Waals surface area contributed by atoms with E-state index in [1.54, 1.807) is 36.9 Å². The fourth-order valence-corrected chi connectivity index (χ4v) is 2.51. The zero-order chi connectivity index (χ0) is 20.1. The van der Waals surface area contributed by atoms with Crippen LogP contribution in [0, 0.1) is 20.8 Å². The highest BCUT2D eigenvalue weighted by molar-refractivity contribution is 5.97. The van der Waals surface area contributed by atoms with Crippen molar-refractivity contribution >= 4 is 23.5 Å². The summed E-state index contributed by atoms with van der Waals surface area (Å²) in [6, 6.07) is 7.01. The van der Waals surface area contributed by atoms with Gasteiger partial charge >= 0.3 is 5.97 Å².